The number of aliphatic hydroxyl groups excluding tert-OH is 2. The minimum atomic E-state index is -1.57. The lowest BCUT2D eigenvalue weighted by molar-refractivity contribution is -0.140. The Balaban J connectivity index is 1.21. The van der Waals surface area contributed by atoms with Crippen LogP contribution in [-0.2, 0) is 32.1 Å². The summed E-state index contributed by atoms with van der Waals surface area (Å²) in [5.74, 6) is -2.37. The smallest absolute Gasteiger partial charge is 0.258 e. The largest absolute Gasteiger partial charge is 0.483 e. The van der Waals surface area contributed by atoms with Crippen molar-refractivity contribution in [3.8, 4) is 5.75 Å². The van der Waals surface area contributed by atoms with Crippen molar-refractivity contribution in [1.29, 1.82) is 0 Å². The van der Waals surface area contributed by atoms with Gasteiger partial charge in [0.05, 0.1) is 36.6 Å². The average molecular weight is 866 g/mol. The van der Waals surface area contributed by atoms with Gasteiger partial charge in [-0.25, -0.2) is 4.98 Å². The highest BCUT2D eigenvalue weighted by Crippen LogP contribution is 2.34. The number of ether oxygens (including phenoxy) is 1. The fourth-order valence-electron chi connectivity index (χ4n) is 9.29. The van der Waals surface area contributed by atoms with Crippen LogP contribution in [0.4, 0.5) is 0 Å². The fraction of sp³-hybridized carbons (Fsp3) is 0.551. The number of aromatic amines is 1. The molecule has 2 aromatic heterocycles. The Hall–Kier alpha value is -5.34. The van der Waals surface area contributed by atoms with Gasteiger partial charge in [0.2, 0.25) is 17.7 Å². The molecule has 340 valence electrons. The number of hydrogen-bond donors (Lipinski definition) is 7. The van der Waals surface area contributed by atoms with Crippen molar-refractivity contribution in [3.05, 3.63) is 90.8 Å². The van der Waals surface area contributed by atoms with Crippen LogP contribution in [0.15, 0.2) is 79.4 Å². The minimum Gasteiger partial charge on any atom is -0.483 e. The van der Waals surface area contributed by atoms with E-state index in [-0.39, 0.29) is 43.2 Å². The van der Waals surface area contributed by atoms with Gasteiger partial charge >= 0.3 is 0 Å². The first-order valence-electron chi connectivity index (χ1n) is 23.1. The molecule has 4 amide bonds. The van der Waals surface area contributed by atoms with Crippen LogP contribution in [0, 0.1) is 23.7 Å². The summed E-state index contributed by atoms with van der Waals surface area (Å²) in [5.41, 5.74) is 1.29. The number of H-pyrrole nitrogens is 1. The summed E-state index contributed by atoms with van der Waals surface area (Å²) in [4.78, 5) is 67.5. The van der Waals surface area contributed by atoms with Crippen molar-refractivity contribution < 1.29 is 34.1 Å². The number of amides is 4. The number of nitrogens with one attached hydrogen (secondary N) is 5. The van der Waals surface area contributed by atoms with Gasteiger partial charge in [-0.15, -0.1) is 0 Å². The quantitative estimate of drug-likeness (QED) is 0.0519. The molecule has 0 spiro atoms. The number of aromatic nitrogens is 3. The van der Waals surface area contributed by atoms with Crippen molar-refractivity contribution >= 4 is 34.4 Å². The lowest BCUT2D eigenvalue weighted by Crippen LogP contribution is -2.59. The molecule has 14 nitrogen and oxygen atoms in total. The lowest BCUT2D eigenvalue weighted by Gasteiger charge is -2.37. The second-order valence-electron chi connectivity index (χ2n) is 17.8. The summed E-state index contributed by atoms with van der Waals surface area (Å²) in [7, 11) is 0. The van der Waals surface area contributed by atoms with Crippen LogP contribution in [0.3, 0.4) is 0 Å². The average Bonchev–Trinajstić information content (AvgIpc) is 3.84. The van der Waals surface area contributed by atoms with Gasteiger partial charge < -0.3 is 41.2 Å². The van der Waals surface area contributed by atoms with Gasteiger partial charge in [0.25, 0.3) is 5.91 Å². The van der Waals surface area contributed by atoms with Crippen LogP contribution in [-0.4, -0.2) is 85.7 Å². The Morgan fingerprint density at radius 2 is 1.49 bits per heavy atom. The Labute approximate surface area is 371 Å². The van der Waals surface area contributed by atoms with Crippen molar-refractivity contribution in [1.82, 2.24) is 36.2 Å². The molecule has 2 aliphatic carbocycles. The molecule has 7 atom stereocenters. The molecule has 2 fully saturated rings. The highest BCUT2D eigenvalue weighted by molar-refractivity contribution is 5.91. The van der Waals surface area contributed by atoms with Crippen LogP contribution < -0.4 is 26.0 Å². The lowest BCUT2D eigenvalue weighted by atomic mass is 9.77. The van der Waals surface area contributed by atoms with Crippen LogP contribution in [0.1, 0.15) is 109 Å². The Bertz CT molecular complexity index is 2030. The van der Waals surface area contributed by atoms with E-state index in [1.165, 1.54) is 6.33 Å². The second-order valence-corrected chi connectivity index (χ2v) is 17.8. The number of fused-ring (bicyclic) bond motifs is 1. The number of benzene rings is 2. The maximum Gasteiger partial charge on any atom is 0.258 e. The van der Waals surface area contributed by atoms with E-state index in [1.54, 1.807) is 24.5 Å². The van der Waals surface area contributed by atoms with E-state index in [0.29, 0.717) is 36.4 Å². The third-order valence-electron chi connectivity index (χ3n) is 13.2. The summed E-state index contributed by atoms with van der Waals surface area (Å²) in [6, 6.07) is 15.8. The van der Waals surface area contributed by atoms with Crippen LogP contribution in [0.2, 0.25) is 0 Å². The van der Waals surface area contributed by atoms with E-state index in [1.807, 2.05) is 62.4 Å². The van der Waals surface area contributed by atoms with E-state index in [0.717, 1.165) is 75.0 Å². The van der Waals surface area contributed by atoms with Crippen LogP contribution >= 0.6 is 0 Å². The number of rotatable bonds is 22. The first-order chi connectivity index (χ1) is 30.6. The molecule has 2 aromatic carbocycles. The van der Waals surface area contributed by atoms with E-state index in [4.69, 9.17) is 4.74 Å². The zero-order valence-electron chi connectivity index (χ0n) is 36.8. The predicted molar refractivity (Wildman–Crippen MR) is 241 cm³/mol. The molecule has 0 aliphatic heterocycles. The zero-order valence-corrected chi connectivity index (χ0v) is 36.8. The predicted octanol–water partition coefficient (Wildman–Crippen LogP) is 5.68. The van der Waals surface area contributed by atoms with E-state index >= 15 is 0 Å². The molecular weight excluding hydrogens is 799 g/mol. The molecule has 3 unspecified atom stereocenters. The number of carbonyl (C=O) groups is 4. The first-order valence-corrected chi connectivity index (χ1v) is 23.1. The minimum absolute atomic E-state index is 0.0761. The highest BCUT2D eigenvalue weighted by Gasteiger charge is 2.41. The molecule has 7 N–H and O–H groups in total. The second kappa shape index (κ2) is 23.9. The van der Waals surface area contributed by atoms with Gasteiger partial charge in [-0.05, 0) is 54.2 Å². The van der Waals surface area contributed by atoms with Gasteiger partial charge in [0, 0.05) is 29.9 Å². The van der Waals surface area contributed by atoms with Crippen LogP contribution in [0.5, 0.6) is 5.75 Å². The monoisotopic (exact) mass is 866 g/mol. The van der Waals surface area contributed by atoms with Gasteiger partial charge in [0.15, 0.2) is 6.61 Å². The standard InChI is InChI=1S/C49H67N7O7/c1-3-32(2)44(49(62)52-29-36-21-12-13-24-51-36)56-47(60)39(25-33-15-6-4-7-16-33)45(58)46(59)40(26-34-17-8-5-9-18-34)55-48(61)41(27-37-28-50-31-53-37)54-43(57)30-63-42-23-14-20-35-19-10-11-22-38(35)42/h10-14,19-24,28,31-34,39-41,44-46,58-59H,3-9,15-18,25-27,29-30H2,1-2H3,(H,50,53)(H,52,62)(H,54,57)(H,55,61)(H,56,60)/t32?,39-,40+,41?,44?,45-,46-/m1/s1. The summed E-state index contributed by atoms with van der Waals surface area (Å²) in [6.07, 6.45) is 12.9. The third kappa shape index (κ3) is 13.8. The normalized spacial score (nSPS) is 18.2. The number of hydrogen-bond acceptors (Lipinski definition) is 9. The van der Waals surface area contributed by atoms with E-state index in [9.17, 15) is 29.4 Å². The summed E-state index contributed by atoms with van der Waals surface area (Å²) < 4.78 is 5.95. The number of carbonyl (C=O) groups excluding carboxylic acids is 4. The Kier molecular flexibility index (Phi) is 17.9. The molecule has 0 saturated heterocycles. The Morgan fingerprint density at radius 3 is 2.17 bits per heavy atom. The molecule has 0 radical (unpaired) electrons. The number of imidazole rings is 1. The molecule has 14 heteroatoms. The first kappa shape index (κ1) is 47.1. The van der Waals surface area contributed by atoms with Crippen LogP contribution in [0.25, 0.3) is 10.8 Å². The SMILES string of the molecule is CCC(C)C(NC(=O)[C@H](CC1CCCCC1)[C@@H](O)[C@H](O)[C@H](CC1CCCCC1)NC(=O)C(Cc1cnc[nH]1)NC(=O)COc1cccc2ccccc12)C(=O)NCc1ccccn1. The number of pyridine rings is 1. The zero-order chi connectivity index (χ0) is 44.6. The van der Waals surface area contributed by atoms with Crippen molar-refractivity contribution in [2.45, 2.75) is 141 Å². The summed E-state index contributed by atoms with van der Waals surface area (Å²) in [6.45, 7) is 3.70. The van der Waals surface area contributed by atoms with Crippen molar-refractivity contribution in [2.24, 2.45) is 23.7 Å². The molecule has 2 heterocycles. The van der Waals surface area contributed by atoms with Crippen molar-refractivity contribution in [2.75, 3.05) is 6.61 Å². The van der Waals surface area contributed by atoms with Gasteiger partial charge in [-0.2, -0.15) is 0 Å². The molecule has 0 bridgehead atoms. The maximum atomic E-state index is 14.5. The summed E-state index contributed by atoms with van der Waals surface area (Å²) in [5, 5.41) is 38.1. The van der Waals surface area contributed by atoms with Gasteiger partial charge in [-0.1, -0.05) is 127 Å². The molecule has 6 rings (SSSR count). The molecule has 4 aromatic rings. The van der Waals surface area contributed by atoms with Gasteiger partial charge in [0.1, 0.15) is 23.9 Å². The highest BCUT2D eigenvalue weighted by atomic mass is 16.5. The summed E-state index contributed by atoms with van der Waals surface area (Å²) >= 11 is 0. The number of nitrogens with zero attached hydrogens (tertiary/aromatic N) is 2. The Morgan fingerprint density at radius 1 is 0.794 bits per heavy atom. The fourth-order valence-corrected chi connectivity index (χ4v) is 9.29. The molecule has 2 aliphatic rings. The maximum absolute atomic E-state index is 14.5. The third-order valence-corrected chi connectivity index (χ3v) is 13.2. The topological polar surface area (TPSA) is 208 Å². The van der Waals surface area contributed by atoms with E-state index < -0.39 is 54.0 Å². The number of aliphatic hydroxyl groups is 2. The molecule has 63 heavy (non-hydrogen) atoms. The van der Waals surface area contributed by atoms with Crippen molar-refractivity contribution in [3.63, 3.8) is 0 Å². The molecular formula is C49H67N7O7. The van der Waals surface area contributed by atoms with Gasteiger partial charge in [-0.3, -0.25) is 24.2 Å². The van der Waals surface area contributed by atoms with E-state index in [2.05, 4.69) is 36.2 Å². The molecule has 2 saturated carbocycles.